The third kappa shape index (κ3) is 2.10. The molecule has 1 aliphatic carbocycles. The highest BCUT2D eigenvalue weighted by Crippen LogP contribution is 2.26. The topological polar surface area (TPSA) is 38.0 Å². The highest BCUT2D eigenvalue weighted by molar-refractivity contribution is 9.10. The molecule has 0 bridgehead atoms. The van der Waals surface area contributed by atoms with Crippen LogP contribution in [0.4, 0.5) is 11.4 Å². The van der Waals surface area contributed by atoms with Crippen LogP contribution in [0.5, 0.6) is 0 Å². The molecule has 1 aromatic carbocycles. The number of anilines is 2. The van der Waals surface area contributed by atoms with Gasteiger partial charge in [-0.05, 0) is 31.0 Å². The van der Waals surface area contributed by atoms with Crippen molar-refractivity contribution in [2.24, 2.45) is 0 Å². The molecule has 0 radical (unpaired) electrons. The van der Waals surface area contributed by atoms with Gasteiger partial charge in [0.05, 0.1) is 11.4 Å². The fourth-order valence-corrected chi connectivity index (χ4v) is 1.97. The van der Waals surface area contributed by atoms with Crippen molar-refractivity contribution < 1.29 is 0 Å². The van der Waals surface area contributed by atoms with Crippen LogP contribution in [0.15, 0.2) is 34.8 Å². The van der Waals surface area contributed by atoms with Crippen molar-refractivity contribution in [2.75, 3.05) is 11.1 Å². The van der Waals surface area contributed by atoms with Gasteiger partial charge in [0, 0.05) is 10.5 Å². The Bertz CT molecular complexity index is 352. The van der Waals surface area contributed by atoms with Crippen molar-refractivity contribution >= 4 is 27.3 Å². The van der Waals surface area contributed by atoms with Crippen molar-refractivity contribution in [2.45, 2.75) is 18.9 Å². The van der Waals surface area contributed by atoms with Gasteiger partial charge in [0.1, 0.15) is 0 Å². The Balaban J connectivity index is 2.11. The minimum absolute atomic E-state index is 0.506. The number of benzene rings is 1. The van der Waals surface area contributed by atoms with Crippen molar-refractivity contribution in [3.63, 3.8) is 0 Å². The maximum Gasteiger partial charge on any atom is 0.0587 e. The largest absolute Gasteiger partial charge is 0.397 e. The zero-order valence-corrected chi connectivity index (χ0v) is 9.42. The van der Waals surface area contributed by atoms with Crippen molar-refractivity contribution in [1.29, 1.82) is 0 Å². The first-order valence-corrected chi connectivity index (χ1v) is 5.51. The van der Waals surface area contributed by atoms with Crippen LogP contribution in [-0.2, 0) is 0 Å². The molecule has 1 aromatic rings. The number of nitrogens with one attached hydrogen (secondary N) is 1. The first kappa shape index (κ1) is 9.59. The minimum atomic E-state index is 0.506. The Hall–Kier alpha value is -0.960. The van der Waals surface area contributed by atoms with Gasteiger partial charge in [-0.1, -0.05) is 28.1 Å². The molecule has 0 saturated heterocycles. The van der Waals surface area contributed by atoms with Crippen molar-refractivity contribution in [3.05, 3.63) is 34.8 Å². The lowest BCUT2D eigenvalue weighted by Crippen LogP contribution is -2.15. The van der Waals surface area contributed by atoms with Gasteiger partial charge in [0.2, 0.25) is 0 Å². The van der Waals surface area contributed by atoms with E-state index in [9.17, 15) is 0 Å². The molecule has 1 aliphatic rings. The molecule has 3 N–H and O–H groups in total. The van der Waals surface area contributed by atoms with Crippen LogP contribution in [0.25, 0.3) is 0 Å². The Morgan fingerprint density at radius 2 is 2.00 bits per heavy atom. The maximum absolute atomic E-state index is 5.86. The Kier molecular flexibility index (Phi) is 2.77. The average Bonchev–Trinajstić information content (AvgIpc) is 2.64. The van der Waals surface area contributed by atoms with E-state index < -0.39 is 0 Å². The van der Waals surface area contributed by atoms with E-state index in [-0.39, 0.29) is 0 Å². The molecule has 2 rings (SSSR count). The standard InChI is InChI=1S/C11H13BrN2/c12-8-5-6-10(13)11(7-8)14-9-3-1-2-4-9/h1-2,5-7,9,14H,3-4,13H2. The predicted octanol–water partition coefficient (Wildman–Crippen LogP) is 3.16. The van der Waals surface area contributed by atoms with Gasteiger partial charge >= 0.3 is 0 Å². The summed E-state index contributed by atoms with van der Waals surface area (Å²) in [5.74, 6) is 0. The Morgan fingerprint density at radius 1 is 1.29 bits per heavy atom. The molecule has 2 nitrogen and oxygen atoms in total. The molecule has 0 atom stereocenters. The quantitative estimate of drug-likeness (QED) is 0.627. The van der Waals surface area contributed by atoms with Gasteiger partial charge < -0.3 is 11.1 Å². The van der Waals surface area contributed by atoms with Crippen LogP contribution in [0, 0.1) is 0 Å². The lowest BCUT2D eigenvalue weighted by molar-refractivity contribution is 0.787. The van der Waals surface area contributed by atoms with E-state index in [2.05, 4.69) is 33.4 Å². The second-order valence-corrected chi connectivity index (χ2v) is 4.43. The van der Waals surface area contributed by atoms with Crippen molar-refractivity contribution in [3.8, 4) is 0 Å². The summed E-state index contributed by atoms with van der Waals surface area (Å²) in [5.41, 5.74) is 7.69. The minimum Gasteiger partial charge on any atom is -0.397 e. The molecule has 14 heavy (non-hydrogen) atoms. The second kappa shape index (κ2) is 4.05. The molecule has 0 unspecified atom stereocenters. The SMILES string of the molecule is Nc1ccc(Br)cc1NC1CC=CC1. The normalized spacial score (nSPS) is 16.1. The fourth-order valence-electron chi connectivity index (χ4n) is 1.61. The number of rotatable bonds is 2. The Labute approximate surface area is 92.3 Å². The monoisotopic (exact) mass is 252 g/mol. The van der Waals surface area contributed by atoms with Gasteiger partial charge in [-0.15, -0.1) is 0 Å². The van der Waals surface area contributed by atoms with E-state index in [0.717, 1.165) is 28.7 Å². The van der Waals surface area contributed by atoms with E-state index in [0.29, 0.717) is 6.04 Å². The fraction of sp³-hybridized carbons (Fsp3) is 0.273. The summed E-state index contributed by atoms with van der Waals surface area (Å²) in [6.45, 7) is 0. The summed E-state index contributed by atoms with van der Waals surface area (Å²) < 4.78 is 1.06. The molecule has 0 saturated carbocycles. The number of hydrogen-bond donors (Lipinski definition) is 2. The van der Waals surface area contributed by atoms with E-state index in [1.165, 1.54) is 0 Å². The van der Waals surface area contributed by atoms with Gasteiger partial charge in [0.25, 0.3) is 0 Å². The molecular formula is C11H13BrN2. The van der Waals surface area contributed by atoms with Gasteiger partial charge in [-0.25, -0.2) is 0 Å². The van der Waals surface area contributed by atoms with E-state index in [1.807, 2.05) is 18.2 Å². The van der Waals surface area contributed by atoms with Crippen LogP contribution >= 0.6 is 15.9 Å². The third-order valence-corrected chi connectivity index (χ3v) is 2.88. The van der Waals surface area contributed by atoms with Crippen LogP contribution < -0.4 is 11.1 Å². The highest BCUT2D eigenvalue weighted by atomic mass is 79.9. The summed E-state index contributed by atoms with van der Waals surface area (Å²) in [4.78, 5) is 0. The molecule has 0 fully saturated rings. The third-order valence-electron chi connectivity index (χ3n) is 2.38. The summed E-state index contributed by atoms with van der Waals surface area (Å²) in [5, 5.41) is 3.43. The lowest BCUT2D eigenvalue weighted by Gasteiger charge is -2.15. The van der Waals surface area contributed by atoms with Crippen LogP contribution in [0.3, 0.4) is 0 Å². The molecule has 0 amide bonds. The Morgan fingerprint density at radius 3 is 2.71 bits per heavy atom. The summed E-state index contributed by atoms with van der Waals surface area (Å²) in [6.07, 6.45) is 6.58. The smallest absolute Gasteiger partial charge is 0.0587 e. The number of hydrogen-bond acceptors (Lipinski definition) is 2. The molecule has 3 heteroatoms. The van der Waals surface area contributed by atoms with E-state index in [4.69, 9.17) is 5.73 Å². The van der Waals surface area contributed by atoms with Crippen LogP contribution in [-0.4, -0.2) is 6.04 Å². The van der Waals surface area contributed by atoms with Crippen LogP contribution in [0.1, 0.15) is 12.8 Å². The zero-order valence-electron chi connectivity index (χ0n) is 7.83. The second-order valence-electron chi connectivity index (χ2n) is 3.52. The molecule has 0 aromatic heterocycles. The number of halogens is 1. The van der Waals surface area contributed by atoms with Gasteiger partial charge in [0.15, 0.2) is 0 Å². The van der Waals surface area contributed by atoms with E-state index >= 15 is 0 Å². The molecule has 0 aliphatic heterocycles. The maximum atomic E-state index is 5.86. The first-order chi connectivity index (χ1) is 6.75. The van der Waals surface area contributed by atoms with Crippen LogP contribution in [0.2, 0.25) is 0 Å². The average molecular weight is 253 g/mol. The summed E-state index contributed by atoms with van der Waals surface area (Å²) in [7, 11) is 0. The molecule has 74 valence electrons. The molecule has 0 heterocycles. The zero-order chi connectivity index (χ0) is 9.97. The lowest BCUT2D eigenvalue weighted by atomic mass is 10.2. The predicted molar refractivity (Wildman–Crippen MR) is 64.3 cm³/mol. The molecule has 0 spiro atoms. The van der Waals surface area contributed by atoms with E-state index in [1.54, 1.807) is 0 Å². The number of nitrogens with two attached hydrogens (primary N) is 1. The summed E-state index contributed by atoms with van der Waals surface area (Å²) in [6, 6.07) is 6.39. The first-order valence-electron chi connectivity index (χ1n) is 4.72. The van der Waals surface area contributed by atoms with Gasteiger partial charge in [-0.3, -0.25) is 0 Å². The highest BCUT2D eigenvalue weighted by Gasteiger charge is 2.10. The summed E-state index contributed by atoms with van der Waals surface area (Å²) >= 11 is 3.43. The van der Waals surface area contributed by atoms with Crippen molar-refractivity contribution in [1.82, 2.24) is 0 Å². The van der Waals surface area contributed by atoms with Gasteiger partial charge in [-0.2, -0.15) is 0 Å². The molecular weight excluding hydrogens is 240 g/mol. The number of nitrogen functional groups attached to an aromatic ring is 1.